The topological polar surface area (TPSA) is 53.4 Å². The predicted molar refractivity (Wildman–Crippen MR) is 98.5 cm³/mol. The zero-order chi connectivity index (χ0) is 20.1. The van der Waals surface area contributed by atoms with E-state index < -0.39 is 17.7 Å². The summed E-state index contributed by atoms with van der Waals surface area (Å²) in [6.45, 7) is 3.11. The molecule has 1 aromatic carbocycles. The summed E-state index contributed by atoms with van der Waals surface area (Å²) in [5.74, 6) is 0.0769. The first-order valence-electron chi connectivity index (χ1n) is 9.36. The van der Waals surface area contributed by atoms with Crippen LogP contribution in [0.25, 0.3) is 0 Å². The van der Waals surface area contributed by atoms with E-state index in [2.05, 4.69) is 9.88 Å². The van der Waals surface area contributed by atoms with Crippen LogP contribution in [0.1, 0.15) is 45.9 Å². The lowest BCUT2D eigenvalue weighted by molar-refractivity contribution is -0.138. The maximum absolute atomic E-state index is 13.3. The summed E-state index contributed by atoms with van der Waals surface area (Å²) in [6.07, 6.45) is -2.91. The molecule has 1 unspecified atom stereocenters. The Morgan fingerprint density at radius 1 is 1.11 bits per heavy atom. The Bertz CT molecular complexity index is 899. The zero-order valence-corrected chi connectivity index (χ0v) is 15.4. The summed E-state index contributed by atoms with van der Waals surface area (Å²) in [5.41, 5.74) is 0.534. The van der Waals surface area contributed by atoms with Gasteiger partial charge in [0.05, 0.1) is 5.56 Å². The third-order valence-corrected chi connectivity index (χ3v) is 6.07. The van der Waals surface area contributed by atoms with Crippen LogP contribution in [-0.4, -0.2) is 29.1 Å². The van der Waals surface area contributed by atoms with Gasteiger partial charge >= 0.3 is 12.1 Å². The molecule has 0 bridgehead atoms. The normalized spacial score (nSPS) is 24.4. The van der Waals surface area contributed by atoms with Crippen LogP contribution in [0, 0.1) is 18.8 Å². The largest absolute Gasteiger partial charge is 0.477 e. The van der Waals surface area contributed by atoms with Crippen molar-refractivity contribution in [3.8, 4) is 0 Å². The molecule has 148 valence electrons. The average molecular weight is 390 g/mol. The van der Waals surface area contributed by atoms with Gasteiger partial charge in [-0.15, -0.1) is 0 Å². The van der Waals surface area contributed by atoms with Crippen LogP contribution in [0.4, 0.5) is 19.0 Å². The summed E-state index contributed by atoms with van der Waals surface area (Å²) in [6, 6.07) is 9.45. The van der Waals surface area contributed by atoms with Crippen molar-refractivity contribution < 1.29 is 23.1 Å². The van der Waals surface area contributed by atoms with Crippen molar-refractivity contribution in [1.82, 2.24) is 4.98 Å². The number of hydrogen-bond donors (Lipinski definition) is 1. The van der Waals surface area contributed by atoms with Crippen LogP contribution >= 0.6 is 0 Å². The van der Waals surface area contributed by atoms with Crippen LogP contribution in [0.15, 0.2) is 36.4 Å². The highest BCUT2D eigenvalue weighted by atomic mass is 19.4. The number of halogens is 3. The summed E-state index contributed by atoms with van der Waals surface area (Å²) >= 11 is 0. The van der Waals surface area contributed by atoms with E-state index >= 15 is 0 Å². The molecular weight excluding hydrogens is 369 g/mol. The third kappa shape index (κ3) is 3.34. The molecule has 4 rings (SSSR count). The Morgan fingerprint density at radius 3 is 2.36 bits per heavy atom. The Hall–Kier alpha value is -2.57. The van der Waals surface area contributed by atoms with E-state index in [0.29, 0.717) is 54.7 Å². The quantitative estimate of drug-likeness (QED) is 0.823. The fraction of sp³-hybridized carbons (Fsp3) is 0.429. The molecular formula is C21H21F3N2O2. The number of fused-ring (bicyclic) bond motifs is 1. The Kier molecular flexibility index (Phi) is 4.56. The second-order valence-corrected chi connectivity index (χ2v) is 7.82. The van der Waals surface area contributed by atoms with Crippen molar-refractivity contribution in [2.24, 2.45) is 11.8 Å². The fourth-order valence-electron chi connectivity index (χ4n) is 4.76. The first-order chi connectivity index (χ1) is 13.2. The SMILES string of the molecule is Cc1ccc(N2C[C@H]3CC(c4ccccc4C(F)(F)F)C[C@H]3C2)nc1C(=O)O. The van der Waals surface area contributed by atoms with E-state index in [9.17, 15) is 23.1 Å². The highest BCUT2D eigenvalue weighted by Crippen LogP contribution is 2.49. The second kappa shape index (κ2) is 6.79. The summed E-state index contributed by atoms with van der Waals surface area (Å²) in [5, 5.41) is 9.27. The Labute approximate surface area is 161 Å². The number of carboxylic acid groups (broad SMARTS) is 1. The Morgan fingerprint density at radius 2 is 1.75 bits per heavy atom. The molecule has 1 N–H and O–H groups in total. The number of carbonyl (C=O) groups is 1. The number of carboxylic acids is 1. The third-order valence-electron chi connectivity index (χ3n) is 6.07. The molecule has 0 radical (unpaired) electrons. The minimum absolute atomic E-state index is 0.0477. The van der Waals surface area contributed by atoms with Crippen LogP contribution in [0.3, 0.4) is 0 Å². The van der Waals surface area contributed by atoms with Gasteiger partial charge in [-0.05, 0) is 60.8 Å². The molecule has 1 saturated heterocycles. The maximum atomic E-state index is 13.3. The lowest BCUT2D eigenvalue weighted by Gasteiger charge is -2.22. The number of aryl methyl sites for hydroxylation is 1. The van der Waals surface area contributed by atoms with Crippen molar-refractivity contribution in [1.29, 1.82) is 0 Å². The second-order valence-electron chi connectivity index (χ2n) is 7.82. The predicted octanol–water partition coefficient (Wildman–Crippen LogP) is 4.74. The molecule has 28 heavy (non-hydrogen) atoms. The van der Waals surface area contributed by atoms with E-state index in [4.69, 9.17) is 0 Å². The van der Waals surface area contributed by atoms with E-state index in [1.54, 1.807) is 25.1 Å². The number of rotatable bonds is 3. The van der Waals surface area contributed by atoms with Gasteiger partial charge in [-0.1, -0.05) is 24.3 Å². The first kappa shape index (κ1) is 18.8. The number of hydrogen-bond acceptors (Lipinski definition) is 3. The van der Waals surface area contributed by atoms with E-state index in [-0.39, 0.29) is 11.6 Å². The van der Waals surface area contributed by atoms with E-state index in [1.807, 2.05) is 6.07 Å². The Balaban J connectivity index is 1.51. The highest BCUT2D eigenvalue weighted by molar-refractivity contribution is 5.87. The molecule has 1 saturated carbocycles. The van der Waals surface area contributed by atoms with Gasteiger partial charge in [0, 0.05) is 13.1 Å². The van der Waals surface area contributed by atoms with Crippen LogP contribution in [-0.2, 0) is 6.18 Å². The van der Waals surface area contributed by atoms with E-state index in [0.717, 1.165) is 0 Å². The van der Waals surface area contributed by atoms with Crippen LogP contribution in [0.5, 0.6) is 0 Å². The lowest BCUT2D eigenvalue weighted by Crippen LogP contribution is -2.23. The molecule has 4 nitrogen and oxygen atoms in total. The fourth-order valence-corrected chi connectivity index (χ4v) is 4.76. The number of nitrogens with zero attached hydrogens (tertiary/aromatic N) is 2. The van der Waals surface area contributed by atoms with Gasteiger partial charge in [0.1, 0.15) is 5.82 Å². The number of anilines is 1. The van der Waals surface area contributed by atoms with E-state index in [1.165, 1.54) is 12.1 Å². The number of alkyl halides is 3. The molecule has 0 spiro atoms. The van der Waals surface area contributed by atoms with Crippen molar-refractivity contribution >= 4 is 11.8 Å². The van der Waals surface area contributed by atoms with Gasteiger partial charge in [-0.3, -0.25) is 0 Å². The van der Waals surface area contributed by atoms with Crippen molar-refractivity contribution in [3.05, 3.63) is 58.8 Å². The number of aromatic nitrogens is 1. The van der Waals surface area contributed by atoms with Crippen LogP contribution in [0.2, 0.25) is 0 Å². The smallest absolute Gasteiger partial charge is 0.416 e. The minimum atomic E-state index is -4.33. The molecule has 3 atom stereocenters. The van der Waals surface area contributed by atoms with Crippen molar-refractivity contribution in [2.75, 3.05) is 18.0 Å². The highest BCUT2D eigenvalue weighted by Gasteiger charge is 2.44. The molecule has 2 fully saturated rings. The minimum Gasteiger partial charge on any atom is -0.477 e. The van der Waals surface area contributed by atoms with Gasteiger partial charge in [0.15, 0.2) is 5.69 Å². The maximum Gasteiger partial charge on any atom is 0.416 e. The molecule has 0 amide bonds. The van der Waals surface area contributed by atoms with Crippen molar-refractivity contribution in [3.63, 3.8) is 0 Å². The summed E-state index contributed by atoms with van der Waals surface area (Å²) in [7, 11) is 0. The molecule has 2 heterocycles. The summed E-state index contributed by atoms with van der Waals surface area (Å²) < 4.78 is 40.0. The molecule has 2 aliphatic rings. The van der Waals surface area contributed by atoms with Gasteiger partial charge in [0.2, 0.25) is 0 Å². The van der Waals surface area contributed by atoms with Crippen LogP contribution < -0.4 is 4.90 Å². The van der Waals surface area contributed by atoms with Crippen molar-refractivity contribution in [2.45, 2.75) is 31.9 Å². The van der Waals surface area contributed by atoms with Gasteiger partial charge < -0.3 is 10.0 Å². The van der Waals surface area contributed by atoms with Gasteiger partial charge in [-0.2, -0.15) is 13.2 Å². The number of benzene rings is 1. The number of aromatic carboxylic acids is 1. The number of pyridine rings is 1. The van der Waals surface area contributed by atoms with Gasteiger partial charge in [0.25, 0.3) is 0 Å². The molecule has 1 aliphatic heterocycles. The monoisotopic (exact) mass is 390 g/mol. The van der Waals surface area contributed by atoms with Gasteiger partial charge in [-0.25, -0.2) is 9.78 Å². The molecule has 7 heteroatoms. The summed E-state index contributed by atoms with van der Waals surface area (Å²) in [4.78, 5) is 17.7. The standard InChI is InChI=1S/C21H21F3N2O2/c1-12-6-7-18(25-19(12)20(27)28)26-10-14-8-13(9-15(14)11-26)16-4-2-3-5-17(16)21(22,23)24/h2-7,13-15H,8-11H2,1H3,(H,27,28)/t13?,14-,15+. The first-order valence-corrected chi connectivity index (χ1v) is 9.36. The molecule has 2 aromatic rings. The zero-order valence-electron chi connectivity index (χ0n) is 15.4. The average Bonchev–Trinajstić information content (AvgIpc) is 3.20. The molecule has 1 aliphatic carbocycles. The lowest BCUT2D eigenvalue weighted by atomic mass is 9.91. The molecule has 1 aromatic heterocycles.